The third kappa shape index (κ3) is 5.02. The molecule has 0 fully saturated rings. The third-order valence-corrected chi connectivity index (χ3v) is 6.49. The Balaban J connectivity index is 1.64. The van der Waals surface area contributed by atoms with Gasteiger partial charge in [0, 0.05) is 16.8 Å². The van der Waals surface area contributed by atoms with Crippen LogP contribution in [-0.2, 0) is 12.8 Å². The average Bonchev–Trinajstić information content (AvgIpc) is 3.11. The highest BCUT2D eigenvalue weighted by molar-refractivity contribution is 7.16. The molecule has 6 heteroatoms. The van der Waals surface area contributed by atoms with Gasteiger partial charge in [-0.25, -0.2) is 9.38 Å². The van der Waals surface area contributed by atoms with Gasteiger partial charge < -0.3 is 10.1 Å². The topological polar surface area (TPSA) is 50.7 Å². The van der Waals surface area contributed by atoms with Gasteiger partial charge in [0.1, 0.15) is 16.6 Å². The predicted octanol–water partition coefficient (Wildman–Crippen LogP) is 6.41. The number of aliphatic imine (C=N–C) groups is 1. The number of thiophene rings is 1. The van der Waals surface area contributed by atoms with Crippen molar-refractivity contribution in [3.8, 4) is 5.75 Å². The van der Waals surface area contributed by atoms with Crippen LogP contribution in [0.5, 0.6) is 5.75 Å². The summed E-state index contributed by atoms with van der Waals surface area (Å²) in [5.74, 6) is 0.885. The van der Waals surface area contributed by atoms with Crippen molar-refractivity contribution in [3.63, 3.8) is 0 Å². The van der Waals surface area contributed by atoms with E-state index in [-0.39, 0.29) is 11.7 Å². The average molecular weight is 437 g/mol. The zero-order valence-electron chi connectivity index (χ0n) is 17.7. The first kappa shape index (κ1) is 21.2. The monoisotopic (exact) mass is 436 g/mol. The molecular formula is C25H25FN2O2S. The molecule has 1 heterocycles. The van der Waals surface area contributed by atoms with Crippen molar-refractivity contribution in [1.29, 1.82) is 0 Å². The third-order valence-electron chi connectivity index (χ3n) is 5.32. The Morgan fingerprint density at radius 3 is 2.84 bits per heavy atom. The van der Waals surface area contributed by atoms with Crippen LogP contribution >= 0.6 is 11.3 Å². The first-order valence-electron chi connectivity index (χ1n) is 10.5. The first-order valence-corrected chi connectivity index (χ1v) is 11.3. The molecular weight excluding hydrogens is 411 g/mol. The lowest BCUT2D eigenvalue weighted by molar-refractivity contribution is 0.102. The smallest absolute Gasteiger partial charge is 0.259 e. The van der Waals surface area contributed by atoms with E-state index >= 15 is 0 Å². The number of benzene rings is 2. The fraction of sp³-hybridized carbons (Fsp3) is 0.280. The van der Waals surface area contributed by atoms with Crippen LogP contribution in [0.3, 0.4) is 0 Å². The van der Waals surface area contributed by atoms with Gasteiger partial charge in [-0.05, 0) is 79.6 Å². The minimum Gasteiger partial charge on any atom is -0.494 e. The quantitative estimate of drug-likeness (QED) is 0.454. The van der Waals surface area contributed by atoms with E-state index in [2.05, 4.69) is 17.2 Å². The largest absolute Gasteiger partial charge is 0.494 e. The van der Waals surface area contributed by atoms with Crippen LogP contribution in [0.25, 0.3) is 0 Å². The van der Waals surface area contributed by atoms with Gasteiger partial charge in [-0.2, -0.15) is 0 Å². The van der Waals surface area contributed by atoms with E-state index in [0.29, 0.717) is 34.3 Å². The number of anilines is 1. The van der Waals surface area contributed by atoms with Crippen molar-refractivity contribution in [3.05, 3.63) is 75.9 Å². The van der Waals surface area contributed by atoms with Crippen LogP contribution < -0.4 is 10.1 Å². The molecule has 0 saturated carbocycles. The molecule has 0 saturated heterocycles. The summed E-state index contributed by atoms with van der Waals surface area (Å²) in [5, 5.41) is 3.67. The van der Waals surface area contributed by atoms with Crippen molar-refractivity contribution < 1.29 is 13.9 Å². The summed E-state index contributed by atoms with van der Waals surface area (Å²) in [6, 6.07) is 13.6. The molecule has 0 radical (unpaired) electrons. The van der Waals surface area contributed by atoms with Crippen LogP contribution in [-0.4, -0.2) is 18.7 Å². The molecule has 1 aromatic heterocycles. The molecule has 1 N–H and O–H groups in total. The van der Waals surface area contributed by atoms with E-state index < -0.39 is 0 Å². The van der Waals surface area contributed by atoms with Gasteiger partial charge in [0.2, 0.25) is 0 Å². The number of halogens is 1. The van der Waals surface area contributed by atoms with Crippen molar-refractivity contribution in [2.75, 3.05) is 11.9 Å². The Morgan fingerprint density at radius 1 is 1.29 bits per heavy atom. The summed E-state index contributed by atoms with van der Waals surface area (Å²) < 4.78 is 19.0. The van der Waals surface area contributed by atoms with Gasteiger partial charge in [0.15, 0.2) is 0 Å². The second-order valence-electron chi connectivity index (χ2n) is 7.76. The number of fused-ring (bicyclic) bond motifs is 1. The molecule has 4 rings (SSSR count). The zero-order chi connectivity index (χ0) is 21.8. The molecule has 2 aromatic carbocycles. The summed E-state index contributed by atoms with van der Waals surface area (Å²) in [4.78, 5) is 19.1. The van der Waals surface area contributed by atoms with Crippen LogP contribution in [0.4, 0.5) is 15.1 Å². The Labute approximate surface area is 185 Å². The Hall–Kier alpha value is -2.99. The second-order valence-corrected chi connectivity index (χ2v) is 8.84. The number of hydrogen-bond acceptors (Lipinski definition) is 4. The number of hydrogen-bond donors (Lipinski definition) is 1. The molecule has 4 nitrogen and oxygen atoms in total. The van der Waals surface area contributed by atoms with Crippen LogP contribution in [0.1, 0.15) is 46.6 Å². The maximum atomic E-state index is 13.5. The molecule has 31 heavy (non-hydrogen) atoms. The zero-order valence-corrected chi connectivity index (χ0v) is 18.5. The van der Waals surface area contributed by atoms with Crippen molar-refractivity contribution in [2.24, 2.45) is 10.9 Å². The van der Waals surface area contributed by atoms with E-state index in [1.165, 1.54) is 17.0 Å². The summed E-state index contributed by atoms with van der Waals surface area (Å²) in [7, 11) is 0. The van der Waals surface area contributed by atoms with Crippen molar-refractivity contribution in [2.45, 2.75) is 33.1 Å². The SMILES string of the molecule is CCOc1ccc(NC(=O)c2c(N=Cc3cccc(F)c3)sc3c2CCC(C)C3)cc1. The highest BCUT2D eigenvalue weighted by atomic mass is 32.1. The van der Waals surface area contributed by atoms with E-state index in [9.17, 15) is 9.18 Å². The molecule has 1 atom stereocenters. The lowest BCUT2D eigenvalue weighted by atomic mass is 9.88. The van der Waals surface area contributed by atoms with E-state index in [1.807, 2.05) is 31.2 Å². The van der Waals surface area contributed by atoms with Gasteiger partial charge in [0.05, 0.1) is 12.2 Å². The van der Waals surface area contributed by atoms with Crippen LogP contribution in [0, 0.1) is 11.7 Å². The molecule has 0 spiro atoms. The Morgan fingerprint density at radius 2 is 2.10 bits per heavy atom. The molecule has 1 amide bonds. The molecule has 3 aromatic rings. The molecule has 0 aliphatic heterocycles. The number of carbonyl (C=O) groups is 1. The minimum atomic E-state index is -0.309. The van der Waals surface area contributed by atoms with Crippen molar-refractivity contribution in [1.82, 2.24) is 0 Å². The standard InChI is InChI=1S/C25H25FN2O2S/c1-3-30-20-10-8-19(9-11-20)28-24(29)23-21-12-7-16(2)13-22(21)31-25(23)27-15-17-5-4-6-18(26)14-17/h4-6,8-11,14-16H,3,7,12-13H2,1-2H3,(H,28,29). The van der Waals surface area contributed by atoms with Gasteiger partial charge in [-0.3, -0.25) is 4.79 Å². The van der Waals surface area contributed by atoms with Gasteiger partial charge in [-0.15, -0.1) is 11.3 Å². The van der Waals surface area contributed by atoms with Gasteiger partial charge in [0.25, 0.3) is 5.91 Å². The summed E-state index contributed by atoms with van der Waals surface area (Å²) in [6.07, 6.45) is 4.50. The maximum absolute atomic E-state index is 13.5. The highest BCUT2D eigenvalue weighted by Gasteiger charge is 2.27. The first-order chi connectivity index (χ1) is 15.0. The van der Waals surface area contributed by atoms with Crippen molar-refractivity contribution >= 4 is 34.1 Å². The molecule has 1 aliphatic rings. The highest BCUT2D eigenvalue weighted by Crippen LogP contribution is 2.41. The number of rotatable bonds is 6. The number of amides is 1. The fourth-order valence-corrected chi connectivity index (χ4v) is 5.13. The van der Waals surface area contributed by atoms with E-state index in [4.69, 9.17) is 4.74 Å². The summed E-state index contributed by atoms with van der Waals surface area (Å²) >= 11 is 1.56. The lowest BCUT2D eigenvalue weighted by Gasteiger charge is -2.18. The van der Waals surface area contributed by atoms with Crippen LogP contribution in [0.2, 0.25) is 0 Å². The molecule has 1 aliphatic carbocycles. The van der Waals surface area contributed by atoms with Crippen LogP contribution in [0.15, 0.2) is 53.5 Å². The van der Waals surface area contributed by atoms with Gasteiger partial charge in [-0.1, -0.05) is 19.1 Å². The second kappa shape index (κ2) is 9.43. The minimum absolute atomic E-state index is 0.164. The molecule has 1 unspecified atom stereocenters. The van der Waals surface area contributed by atoms with Gasteiger partial charge >= 0.3 is 0 Å². The number of carbonyl (C=O) groups excluding carboxylic acids is 1. The lowest BCUT2D eigenvalue weighted by Crippen LogP contribution is -2.16. The predicted molar refractivity (Wildman–Crippen MR) is 125 cm³/mol. The normalized spacial score (nSPS) is 15.6. The fourth-order valence-electron chi connectivity index (χ4n) is 3.78. The van der Waals surface area contributed by atoms with E-state index in [1.54, 1.807) is 29.7 Å². The number of ether oxygens (including phenoxy) is 1. The molecule has 0 bridgehead atoms. The number of nitrogens with zero attached hydrogens (tertiary/aromatic N) is 1. The number of nitrogens with one attached hydrogen (secondary N) is 1. The summed E-state index contributed by atoms with van der Waals surface area (Å²) in [5.41, 5.74) is 3.10. The Bertz CT molecular complexity index is 1110. The summed E-state index contributed by atoms with van der Waals surface area (Å²) in [6.45, 7) is 4.76. The van der Waals surface area contributed by atoms with E-state index in [0.717, 1.165) is 30.6 Å². The molecule has 160 valence electrons. The Kier molecular flexibility index (Phi) is 6.47. The maximum Gasteiger partial charge on any atom is 0.259 e.